The molecule has 3 unspecified atom stereocenters. The van der Waals surface area contributed by atoms with Crippen molar-refractivity contribution in [2.45, 2.75) is 63.2 Å². The lowest BCUT2D eigenvalue weighted by Crippen LogP contribution is -2.53. The Labute approximate surface area is 99.5 Å². The van der Waals surface area contributed by atoms with E-state index in [4.69, 9.17) is 4.74 Å². The highest BCUT2D eigenvalue weighted by Crippen LogP contribution is 2.37. The Morgan fingerprint density at radius 3 is 2.38 bits per heavy atom. The van der Waals surface area contributed by atoms with Crippen LogP contribution in [0.25, 0.3) is 0 Å². The third-order valence-electron chi connectivity index (χ3n) is 4.45. The first kappa shape index (κ1) is 12.3. The Kier molecular flexibility index (Phi) is 4.22. The van der Waals surface area contributed by atoms with Crippen molar-refractivity contribution in [2.24, 2.45) is 0 Å². The van der Waals surface area contributed by atoms with E-state index >= 15 is 0 Å². The van der Waals surface area contributed by atoms with E-state index in [0.29, 0.717) is 6.04 Å². The topological polar surface area (TPSA) is 24.5 Å². The molecular weight excluding hydrogens is 200 g/mol. The van der Waals surface area contributed by atoms with Gasteiger partial charge in [0.1, 0.15) is 0 Å². The van der Waals surface area contributed by atoms with Crippen molar-refractivity contribution in [3.63, 3.8) is 0 Å². The summed E-state index contributed by atoms with van der Waals surface area (Å²) < 4.78 is 5.37. The van der Waals surface area contributed by atoms with Crippen molar-refractivity contribution in [3.05, 3.63) is 0 Å². The molecule has 0 amide bonds. The molecular formula is C13H26N2O. The van der Waals surface area contributed by atoms with Crippen LogP contribution >= 0.6 is 0 Å². The molecule has 3 nitrogen and oxygen atoms in total. The van der Waals surface area contributed by atoms with Crippen LogP contribution in [-0.4, -0.2) is 49.8 Å². The van der Waals surface area contributed by atoms with Crippen LogP contribution in [0.1, 0.15) is 39.0 Å². The number of methoxy groups -OCH3 is 1. The van der Waals surface area contributed by atoms with Gasteiger partial charge in [0.2, 0.25) is 0 Å². The zero-order valence-corrected chi connectivity index (χ0v) is 10.9. The minimum Gasteiger partial charge on any atom is -0.383 e. The van der Waals surface area contributed by atoms with E-state index in [2.05, 4.69) is 24.2 Å². The lowest BCUT2D eigenvalue weighted by atomic mass is 9.95. The molecule has 2 rings (SSSR count). The lowest BCUT2D eigenvalue weighted by molar-refractivity contribution is 0.0244. The lowest BCUT2D eigenvalue weighted by Gasteiger charge is -2.43. The van der Waals surface area contributed by atoms with Gasteiger partial charge in [0.15, 0.2) is 0 Å². The van der Waals surface area contributed by atoms with Gasteiger partial charge >= 0.3 is 0 Å². The van der Waals surface area contributed by atoms with E-state index in [1.165, 1.54) is 32.1 Å². The molecule has 0 aromatic carbocycles. The molecule has 0 aliphatic carbocycles. The molecule has 3 atom stereocenters. The van der Waals surface area contributed by atoms with Gasteiger partial charge in [-0.3, -0.25) is 4.90 Å². The van der Waals surface area contributed by atoms with Gasteiger partial charge in [-0.2, -0.15) is 0 Å². The Morgan fingerprint density at radius 1 is 1.31 bits per heavy atom. The first-order chi connectivity index (χ1) is 7.80. The first-order valence-electron chi connectivity index (χ1n) is 6.73. The number of fused-ring (bicyclic) bond motifs is 2. The molecule has 2 fully saturated rings. The van der Waals surface area contributed by atoms with Crippen LogP contribution < -0.4 is 5.32 Å². The Balaban J connectivity index is 2.01. The second-order valence-corrected chi connectivity index (χ2v) is 5.31. The fourth-order valence-electron chi connectivity index (χ4n) is 3.65. The predicted octanol–water partition coefficient (Wildman–Crippen LogP) is 1.63. The van der Waals surface area contributed by atoms with Crippen LogP contribution in [0.5, 0.6) is 0 Å². The van der Waals surface area contributed by atoms with Gasteiger partial charge in [-0.15, -0.1) is 0 Å². The number of nitrogens with one attached hydrogen (secondary N) is 1. The number of nitrogens with zero attached hydrogens (tertiary/aromatic N) is 1. The summed E-state index contributed by atoms with van der Waals surface area (Å²) in [7, 11) is 3.93. The van der Waals surface area contributed by atoms with Crippen molar-refractivity contribution in [1.82, 2.24) is 10.2 Å². The number of piperidine rings is 1. The van der Waals surface area contributed by atoms with Crippen LogP contribution in [0.15, 0.2) is 0 Å². The van der Waals surface area contributed by atoms with Crippen LogP contribution in [0.2, 0.25) is 0 Å². The second kappa shape index (κ2) is 5.48. The molecule has 2 saturated heterocycles. The smallest absolute Gasteiger partial charge is 0.0618 e. The van der Waals surface area contributed by atoms with E-state index in [1.54, 1.807) is 0 Å². The fraction of sp³-hybridized carbons (Fsp3) is 1.00. The highest BCUT2D eigenvalue weighted by Gasteiger charge is 2.42. The second-order valence-electron chi connectivity index (χ2n) is 5.31. The highest BCUT2D eigenvalue weighted by atomic mass is 16.5. The summed E-state index contributed by atoms with van der Waals surface area (Å²) in [4.78, 5) is 2.76. The zero-order valence-electron chi connectivity index (χ0n) is 10.9. The molecule has 0 saturated carbocycles. The average Bonchev–Trinajstić information content (AvgIpc) is 2.57. The van der Waals surface area contributed by atoms with Crippen LogP contribution in [0, 0.1) is 0 Å². The minimum atomic E-state index is 0.639. The van der Waals surface area contributed by atoms with E-state index in [0.717, 1.165) is 24.7 Å². The Hall–Kier alpha value is -0.120. The summed E-state index contributed by atoms with van der Waals surface area (Å²) >= 11 is 0. The van der Waals surface area contributed by atoms with Crippen molar-refractivity contribution in [2.75, 3.05) is 20.8 Å². The molecule has 0 radical (unpaired) electrons. The molecule has 2 aliphatic rings. The Bertz CT molecular complexity index is 208. The SMILES string of the molecule is CCC(COC)N1C2CCC1CC(NC)C2. The molecule has 2 heterocycles. The quantitative estimate of drug-likeness (QED) is 0.771. The molecule has 2 aliphatic heterocycles. The van der Waals surface area contributed by atoms with Crippen LogP contribution in [0.3, 0.4) is 0 Å². The van der Waals surface area contributed by atoms with E-state index in [1.807, 2.05) is 7.11 Å². The van der Waals surface area contributed by atoms with Crippen molar-refractivity contribution >= 4 is 0 Å². The summed E-state index contributed by atoms with van der Waals surface area (Å²) in [6, 6.07) is 2.99. The number of hydrogen-bond acceptors (Lipinski definition) is 3. The average molecular weight is 226 g/mol. The highest BCUT2D eigenvalue weighted by molar-refractivity contribution is 4.99. The summed E-state index contributed by atoms with van der Waals surface area (Å²) in [5, 5.41) is 3.46. The van der Waals surface area contributed by atoms with Gasteiger partial charge in [0.25, 0.3) is 0 Å². The van der Waals surface area contributed by atoms with E-state index in [-0.39, 0.29) is 0 Å². The van der Waals surface area contributed by atoms with E-state index in [9.17, 15) is 0 Å². The first-order valence-corrected chi connectivity index (χ1v) is 6.73. The largest absolute Gasteiger partial charge is 0.383 e. The summed E-state index contributed by atoms with van der Waals surface area (Å²) in [6.45, 7) is 3.18. The predicted molar refractivity (Wildman–Crippen MR) is 66.7 cm³/mol. The van der Waals surface area contributed by atoms with Crippen molar-refractivity contribution in [1.29, 1.82) is 0 Å². The molecule has 16 heavy (non-hydrogen) atoms. The van der Waals surface area contributed by atoms with Crippen molar-refractivity contribution < 1.29 is 4.74 Å². The zero-order chi connectivity index (χ0) is 11.5. The fourth-order valence-corrected chi connectivity index (χ4v) is 3.65. The Morgan fingerprint density at radius 2 is 1.94 bits per heavy atom. The maximum atomic E-state index is 5.37. The molecule has 94 valence electrons. The normalized spacial score (nSPS) is 36.6. The monoisotopic (exact) mass is 226 g/mol. The molecule has 1 N–H and O–H groups in total. The van der Waals surface area contributed by atoms with Gasteiger partial charge in [-0.25, -0.2) is 0 Å². The standard InChI is InChI=1S/C13H26N2O/c1-4-11(9-16-3)15-12-5-6-13(15)8-10(7-12)14-2/h10-14H,4-9H2,1-3H3. The van der Waals surface area contributed by atoms with Gasteiger partial charge in [0.05, 0.1) is 6.61 Å². The van der Waals surface area contributed by atoms with Gasteiger partial charge in [0, 0.05) is 31.3 Å². The summed E-state index contributed by atoms with van der Waals surface area (Å²) in [6.07, 6.45) is 6.65. The van der Waals surface area contributed by atoms with Gasteiger partial charge in [-0.1, -0.05) is 6.92 Å². The maximum absolute atomic E-state index is 5.37. The molecule has 0 aromatic rings. The minimum absolute atomic E-state index is 0.639. The summed E-state index contributed by atoms with van der Waals surface area (Å²) in [5.74, 6) is 0. The number of hydrogen-bond donors (Lipinski definition) is 1. The van der Waals surface area contributed by atoms with Crippen LogP contribution in [0.4, 0.5) is 0 Å². The summed E-state index contributed by atoms with van der Waals surface area (Å²) in [5.41, 5.74) is 0. The van der Waals surface area contributed by atoms with Crippen molar-refractivity contribution in [3.8, 4) is 0 Å². The third kappa shape index (κ3) is 2.27. The molecule has 0 aromatic heterocycles. The molecule has 2 bridgehead atoms. The maximum Gasteiger partial charge on any atom is 0.0618 e. The number of ether oxygens (including phenoxy) is 1. The molecule has 0 spiro atoms. The molecule has 3 heteroatoms. The number of rotatable bonds is 5. The third-order valence-corrected chi connectivity index (χ3v) is 4.45. The van der Waals surface area contributed by atoms with Crippen LogP contribution in [-0.2, 0) is 4.74 Å². The van der Waals surface area contributed by atoms with E-state index < -0.39 is 0 Å². The van der Waals surface area contributed by atoms with Gasteiger partial charge in [-0.05, 0) is 39.2 Å². The van der Waals surface area contributed by atoms with Gasteiger partial charge < -0.3 is 10.1 Å².